The number of carbonyl (C=O) groups is 1. The predicted molar refractivity (Wildman–Crippen MR) is 90.9 cm³/mol. The van der Waals surface area contributed by atoms with Crippen LogP contribution in [-0.4, -0.2) is 19.1 Å². The Bertz CT molecular complexity index is 643. The van der Waals surface area contributed by atoms with E-state index in [0.717, 1.165) is 36.1 Å². The van der Waals surface area contributed by atoms with Gasteiger partial charge in [0.1, 0.15) is 17.4 Å². The normalized spacial score (nSPS) is 21.4. The number of nitriles is 1. The largest absolute Gasteiger partial charge is 0.497 e. The van der Waals surface area contributed by atoms with Crippen LogP contribution in [0.4, 0.5) is 0 Å². The third kappa shape index (κ3) is 4.35. The summed E-state index contributed by atoms with van der Waals surface area (Å²) in [5.74, 6) is 0.954. The smallest absolute Gasteiger partial charge is 0.262 e. The van der Waals surface area contributed by atoms with Crippen LogP contribution < -0.4 is 10.1 Å². The van der Waals surface area contributed by atoms with Crippen LogP contribution in [0.2, 0.25) is 0 Å². The van der Waals surface area contributed by atoms with Crippen LogP contribution in [0.15, 0.2) is 23.8 Å². The van der Waals surface area contributed by atoms with E-state index in [1.54, 1.807) is 13.2 Å². The van der Waals surface area contributed by atoms with E-state index in [9.17, 15) is 10.1 Å². The van der Waals surface area contributed by atoms with Gasteiger partial charge < -0.3 is 10.1 Å². The first kappa shape index (κ1) is 17.1. The molecule has 0 aliphatic heterocycles. The molecule has 0 saturated heterocycles. The Morgan fingerprint density at radius 1 is 1.39 bits per heavy atom. The summed E-state index contributed by atoms with van der Waals surface area (Å²) in [6, 6.07) is 7.78. The number of ether oxygens (including phenoxy) is 1. The van der Waals surface area contributed by atoms with Gasteiger partial charge in [0.25, 0.3) is 5.91 Å². The van der Waals surface area contributed by atoms with Crippen LogP contribution in [0.25, 0.3) is 6.08 Å². The molecule has 1 saturated carbocycles. The van der Waals surface area contributed by atoms with Gasteiger partial charge in [0.15, 0.2) is 0 Å². The average Bonchev–Trinajstić information content (AvgIpc) is 2.55. The zero-order valence-corrected chi connectivity index (χ0v) is 14.1. The van der Waals surface area contributed by atoms with E-state index in [2.05, 4.69) is 12.2 Å². The maximum Gasteiger partial charge on any atom is 0.262 e. The first-order valence-electron chi connectivity index (χ1n) is 8.12. The van der Waals surface area contributed by atoms with Gasteiger partial charge in [-0.2, -0.15) is 5.26 Å². The highest BCUT2D eigenvalue weighted by atomic mass is 16.5. The highest BCUT2D eigenvalue weighted by Gasteiger charge is 2.24. The molecule has 23 heavy (non-hydrogen) atoms. The van der Waals surface area contributed by atoms with Crippen molar-refractivity contribution >= 4 is 12.0 Å². The predicted octanol–water partition coefficient (Wildman–Crippen LogP) is 3.61. The van der Waals surface area contributed by atoms with E-state index in [1.165, 1.54) is 6.42 Å². The molecular formula is C19H24N2O2. The number of benzene rings is 1. The number of nitrogens with one attached hydrogen (secondary N) is 1. The summed E-state index contributed by atoms with van der Waals surface area (Å²) < 4.78 is 5.18. The van der Waals surface area contributed by atoms with Crippen LogP contribution in [0.3, 0.4) is 0 Å². The van der Waals surface area contributed by atoms with Gasteiger partial charge in [-0.05, 0) is 55.0 Å². The molecule has 2 atom stereocenters. The molecule has 1 aromatic rings. The Balaban J connectivity index is 2.15. The lowest BCUT2D eigenvalue weighted by atomic mass is 9.86. The quantitative estimate of drug-likeness (QED) is 0.682. The maximum absolute atomic E-state index is 12.4. The second-order valence-corrected chi connectivity index (χ2v) is 6.23. The fourth-order valence-corrected chi connectivity index (χ4v) is 3.02. The Morgan fingerprint density at radius 2 is 2.13 bits per heavy atom. The summed E-state index contributed by atoms with van der Waals surface area (Å²) >= 11 is 0. The molecule has 0 radical (unpaired) electrons. The van der Waals surface area contributed by atoms with Crippen molar-refractivity contribution in [3.8, 4) is 11.8 Å². The lowest BCUT2D eigenvalue weighted by Gasteiger charge is -2.29. The summed E-state index contributed by atoms with van der Waals surface area (Å²) in [5, 5.41) is 12.4. The van der Waals surface area contributed by atoms with Crippen LogP contribution in [0.5, 0.6) is 5.75 Å². The highest BCUT2D eigenvalue weighted by Crippen LogP contribution is 2.24. The number of amides is 1. The van der Waals surface area contributed by atoms with E-state index in [-0.39, 0.29) is 17.5 Å². The molecular weight excluding hydrogens is 288 g/mol. The van der Waals surface area contributed by atoms with Crippen molar-refractivity contribution in [1.29, 1.82) is 5.26 Å². The molecule has 1 aliphatic rings. The highest BCUT2D eigenvalue weighted by molar-refractivity contribution is 6.02. The van der Waals surface area contributed by atoms with Crippen LogP contribution in [-0.2, 0) is 4.79 Å². The minimum atomic E-state index is -0.276. The number of rotatable bonds is 4. The Labute approximate surface area is 138 Å². The monoisotopic (exact) mass is 312 g/mol. The molecule has 0 aromatic heterocycles. The summed E-state index contributed by atoms with van der Waals surface area (Å²) in [6.07, 6.45) is 6.14. The van der Waals surface area contributed by atoms with Crippen molar-refractivity contribution in [1.82, 2.24) is 5.32 Å². The standard InChI is InChI=1S/C19H24N2O2/c1-13-6-4-5-7-18(13)21-19(22)16(12-20)11-15-8-9-17(23-3)10-14(15)2/h8-11,13,18H,4-7H2,1-3H3,(H,21,22)/b16-11+/t13-,18-/m1/s1. The van der Waals surface area contributed by atoms with E-state index >= 15 is 0 Å². The van der Waals surface area contributed by atoms with Gasteiger partial charge >= 0.3 is 0 Å². The number of hydrogen-bond acceptors (Lipinski definition) is 3. The third-order valence-electron chi connectivity index (χ3n) is 4.57. The third-order valence-corrected chi connectivity index (χ3v) is 4.57. The van der Waals surface area contributed by atoms with E-state index < -0.39 is 0 Å². The fraction of sp³-hybridized carbons (Fsp3) is 0.474. The molecule has 0 unspecified atom stereocenters. The van der Waals surface area contributed by atoms with Crippen LogP contribution in [0, 0.1) is 24.2 Å². The van der Waals surface area contributed by atoms with Gasteiger partial charge in [0.05, 0.1) is 7.11 Å². The lowest BCUT2D eigenvalue weighted by molar-refractivity contribution is -0.118. The molecule has 2 rings (SSSR count). The van der Waals surface area contributed by atoms with E-state index in [4.69, 9.17) is 4.74 Å². The molecule has 0 heterocycles. The Morgan fingerprint density at radius 3 is 2.74 bits per heavy atom. The van der Waals surface area contributed by atoms with Crippen molar-refractivity contribution in [2.24, 2.45) is 5.92 Å². The first-order chi connectivity index (χ1) is 11.0. The molecule has 122 valence electrons. The molecule has 1 aromatic carbocycles. The topological polar surface area (TPSA) is 62.1 Å². The Hall–Kier alpha value is -2.28. The number of hydrogen-bond donors (Lipinski definition) is 1. The van der Waals surface area contributed by atoms with Gasteiger partial charge in [-0.1, -0.05) is 25.8 Å². The number of aryl methyl sites for hydroxylation is 1. The molecule has 1 N–H and O–H groups in total. The van der Waals surface area contributed by atoms with E-state index in [1.807, 2.05) is 31.2 Å². The van der Waals surface area contributed by atoms with Crippen molar-refractivity contribution in [3.63, 3.8) is 0 Å². The number of carbonyl (C=O) groups excluding carboxylic acids is 1. The second-order valence-electron chi connectivity index (χ2n) is 6.23. The van der Waals surface area contributed by atoms with Crippen molar-refractivity contribution < 1.29 is 9.53 Å². The molecule has 4 heteroatoms. The van der Waals surface area contributed by atoms with Crippen molar-refractivity contribution in [2.45, 2.75) is 45.6 Å². The van der Waals surface area contributed by atoms with Gasteiger partial charge in [0.2, 0.25) is 0 Å². The first-order valence-corrected chi connectivity index (χ1v) is 8.12. The van der Waals surface area contributed by atoms with Crippen molar-refractivity contribution in [3.05, 3.63) is 34.9 Å². The average molecular weight is 312 g/mol. The SMILES string of the molecule is COc1ccc(/C=C(\C#N)C(=O)N[C@@H]2CCCC[C@H]2C)c(C)c1. The van der Waals surface area contributed by atoms with Crippen LogP contribution in [0.1, 0.15) is 43.7 Å². The molecule has 1 fully saturated rings. The van der Waals surface area contributed by atoms with Gasteiger partial charge in [-0.25, -0.2) is 0 Å². The molecule has 0 spiro atoms. The van der Waals surface area contributed by atoms with Crippen LogP contribution >= 0.6 is 0 Å². The maximum atomic E-state index is 12.4. The fourth-order valence-electron chi connectivity index (χ4n) is 3.02. The van der Waals surface area contributed by atoms with E-state index in [0.29, 0.717) is 5.92 Å². The zero-order chi connectivity index (χ0) is 16.8. The summed E-state index contributed by atoms with van der Waals surface area (Å²) in [4.78, 5) is 12.4. The summed E-state index contributed by atoms with van der Waals surface area (Å²) in [7, 11) is 1.61. The minimum Gasteiger partial charge on any atom is -0.497 e. The second kappa shape index (κ2) is 7.82. The summed E-state index contributed by atoms with van der Waals surface area (Å²) in [6.45, 7) is 4.10. The van der Waals surface area contributed by atoms with Crippen molar-refractivity contribution in [2.75, 3.05) is 7.11 Å². The number of methoxy groups -OCH3 is 1. The molecule has 1 amide bonds. The lowest BCUT2D eigenvalue weighted by Crippen LogP contribution is -2.41. The number of nitrogens with zero attached hydrogens (tertiary/aromatic N) is 1. The van der Waals surface area contributed by atoms with Gasteiger partial charge in [0, 0.05) is 6.04 Å². The van der Waals surface area contributed by atoms with Gasteiger partial charge in [-0.3, -0.25) is 4.79 Å². The van der Waals surface area contributed by atoms with Gasteiger partial charge in [-0.15, -0.1) is 0 Å². The molecule has 1 aliphatic carbocycles. The molecule has 4 nitrogen and oxygen atoms in total. The molecule has 0 bridgehead atoms. The minimum absolute atomic E-state index is 0.149. The summed E-state index contributed by atoms with van der Waals surface area (Å²) in [5.41, 5.74) is 1.97. The zero-order valence-electron chi connectivity index (χ0n) is 14.1. The Kier molecular flexibility index (Phi) is 5.81.